The lowest BCUT2D eigenvalue weighted by atomic mass is 10.2. The molecule has 3 aromatic rings. The summed E-state index contributed by atoms with van der Waals surface area (Å²) in [5.74, 6) is 0.543. The molecular weight excluding hydrogens is 363 g/mol. The molecule has 3 N–H and O–H groups in total. The number of nitrogens with two attached hydrogens (primary N) is 1. The number of rotatable bonds is 4. The van der Waals surface area contributed by atoms with Gasteiger partial charge in [0.2, 0.25) is 0 Å². The maximum absolute atomic E-state index is 6.21. The smallest absolute Gasteiger partial charge is 0.158 e. The lowest BCUT2D eigenvalue weighted by molar-refractivity contribution is 1.06. The zero-order valence-corrected chi connectivity index (χ0v) is 15.1. The van der Waals surface area contributed by atoms with Gasteiger partial charge in [-0.3, -0.25) is 0 Å². The first kappa shape index (κ1) is 16.9. The van der Waals surface area contributed by atoms with Crippen molar-refractivity contribution in [2.45, 2.75) is 16.8 Å². The van der Waals surface area contributed by atoms with Gasteiger partial charge in [0, 0.05) is 20.6 Å². The van der Waals surface area contributed by atoms with Crippen LogP contribution in [0.2, 0.25) is 10.0 Å². The second-order valence-electron chi connectivity index (χ2n) is 5.09. The first-order valence-corrected chi connectivity index (χ1v) is 8.67. The number of hydrogen-bond donors (Lipinski definition) is 2. The molecule has 24 heavy (non-hydrogen) atoms. The molecule has 2 aromatic carbocycles. The fourth-order valence-corrected chi connectivity index (χ4v) is 3.09. The minimum Gasteiger partial charge on any atom is -0.394 e. The molecule has 0 bridgehead atoms. The minimum absolute atomic E-state index is 0.481. The molecular formula is C17H14Cl2N4S. The summed E-state index contributed by atoms with van der Waals surface area (Å²) < 4.78 is 0. The Kier molecular flexibility index (Phi) is 5.14. The molecule has 0 amide bonds. The van der Waals surface area contributed by atoms with E-state index in [0.29, 0.717) is 26.6 Å². The van der Waals surface area contributed by atoms with Crippen molar-refractivity contribution in [1.82, 2.24) is 9.97 Å². The molecule has 0 saturated heterocycles. The second kappa shape index (κ2) is 7.30. The van der Waals surface area contributed by atoms with Gasteiger partial charge in [-0.25, -0.2) is 9.97 Å². The largest absolute Gasteiger partial charge is 0.394 e. The zero-order valence-electron chi connectivity index (χ0n) is 12.8. The topological polar surface area (TPSA) is 63.8 Å². The highest BCUT2D eigenvalue weighted by Gasteiger charge is 2.10. The lowest BCUT2D eigenvalue weighted by Gasteiger charge is -2.11. The molecule has 0 aliphatic rings. The molecule has 3 rings (SSSR count). The number of halogens is 2. The summed E-state index contributed by atoms with van der Waals surface area (Å²) in [5, 5.41) is 5.23. The second-order valence-corrected chi connectivity index (χ2v) is 6.99. The van der Waals surface area contributed by atoms with Crippen molar-refractivity contribution in [1.29, 1.82) is 0 Å². The van der Waals surface area contributed by atoms with E-state index in [4.69, 9.17) is 28.9 Å². The third kappa shape index (κ3) is 3.93. The highest BCUT2D eigenvalue weighted by molar-refractivity contribution is 7.99. The third-order valence-electron chi connectivity index (χ3n) is 3.31. The van der Waals surface area contributed by atoms with Crippen LogP contribution in [0.1, 0.15) is 5.56 Å². The number of nitrogen functional groups attached to an aromatic ring is 1. The van der Waals surface area contributed by atoms with Crippen LogP contribution in [0.5, 0.6) is 0 Å². The average Bonchev–Trinajstić information content (AvgIpc) is 2.57. The molecule has 122 valence electrons. The Hall–Kier alpha value is -1.95. The van der Waals surface area contributed by atoms with Crippen molar-refractivity contribution < 1.29 is 0 Å². The summed E-state index contributed by atoms with van der Waals surface area (Å²) in [5.41, 5.74) is 8.52. The van der Waals surface area contributed by atoms with Crippen molar-refractivity contribution in [2.24, 2.45) is 0 Å². The van der Waals surface area contributed by atoms with Gasteiger partial charge in [0.05, 0.1) is 0 Å². The summed E-state index contributed by atoms with van der Waals surface area (Å²) in [6.07, 6.45) is 1.48. The number of aromatic nitrogens is 2. The number of hydrogen-bond acceptors (Lipinski definition) is 5. The van der Waals surface area contributed by atoms with E-state index in [0.717, 1.165) is 16.1 Å². The molecule has 0 aliphatic carbocycles. The van der Waals surface area contributed by atoms with Gasteiger partial charge in [0.25, 0.3) is 0 Å². The predicted molar refractivity (Wildman–Crippen MR) is 101 cm³/mol. The highest BCUT2D eigenvalue weighted by Crippen LogP contribution is 2.34. The van der Waals surface area contributed by atoms with Crippen molar-refractivity contribution in [3.63, 3.8) is 0 Å². The van der Waals surface area contributed by atoms with Crippen LogP contribution < -0.4 is 11.1 Å². The normalized spacial score (nSPS) is 10.6. The Morgan fingerprint density at radius 2 is 1.79 bits per heavy atom. The molecule has 0 spiro atoms. The molecule has 7 heteroatoms. The van der Waals surface area contributed by atoms with E-state index >= 15 is 0 Å². The lowest BCUT2D eigenvalue weighted by Crippen LogP contribution is -2.02. The van der Waals surface area contributed by atoms with Gasteiger partial charge in [-0.05, 0) is 48.9 Å². The van der Waals surface area contributed by atoms with Gasteiger partial charge in [0.1, 0.15) is 17.0 Å². The summed E-state index contributed by atoms with van der Waals surface area (Å²) in [6.45, 7) is 1.95. The molecule has 0 atom stereocenters. The van der Waals surface area contributed by atoms with E-state index in [2.05, 4.69) is 15.3 Å². The minimum atomic E-state index is 0.481. The first-order chi connectivity index (χ1) is 11.5. The van der Waals surface area contributed by atoms with Crippen LogP contribution in [0, 0.1) is 6.92 Å². The van der Waals surface area contributed by atoms with E-state index in [1.54, 1.807) is 0 Å². The molecule has 4 nitrogen and oxygen atoms in total. The Morgan fingerprint density at radius 1 is 1.04 bits per heavy atom. The van der Waals surface area contributed by atoms with E-state index in [9.17, 15) is 0 Å². The van der Waals surface area contributed by atoms with Gasteiger partial charge >= 0.3 is 0 Å². The quantitative estimate of drug-likeness (QED) is 0.582. The van der Waals surface area contributed by atoms with Crippen molar-refractivity contribution in [3.05, 3.63) is 64.4 Å². The van der Waals surface area contributed by atoms with Crippen LogP contribution in [-0.2, 0) is 0 Å². The highest BCUT2D eigenvalue weighted by atomic mass is 35.5. The van der Waals surface area contributed by atoms with E-state index in [1.807, 2.05) is 49.4 Å². The summed E-state index contributed by atoms with van der Waals surface area (Å²) in [7, 11) is 0. The fourth-order valence-electron chi connectivity index (χ4n) is 1.98. The van der Waals surface area contributed by atoms with Gasteiger partial charge in [0.15, 0.2) is 5.82 Å². The SMILES string of the molecule is Cc1ccc(Nc2ncnc(Sc3ccc(Cl)cc3)c2N)cc1Cl. The zero-order chi connectivity index (χ0) is 17.1. The molecule has 0 saturated carbocycles. The Labute approximate surface area is 154 Å². The average molecular weight is 377 g/mol. The number of nitrogens with one attached hydrogen (secondary N) is 1. The Bertz CT molecular complexity index is 869. The van der Waals surface area contributed by atoms with Crippen LogP contribution in [0.3, 0.4) is 0 Å². The molecule has 0 fully saturated rings. The van der Waals surface area contributed by atoms with Gasteiger partial charge < -0.3 is 11.1 Å². The number of anilines is 3. The van der Waals surface area contributed by atoms with Crippen LogP contribution >= 0.6 is 35.0 Å². The Balaban J connectivity index is 1.84. The van der Waals surface area contributed by atoms with E-state index < -0.39 is 0 Å². The van der Waals surface area contributed by atoms with Crippen LogP contribution in [-0.4, -0.2) is 9.97 Å². The van der Waals surface area contributed by atoms with Gasteiger partial charge in [-0.15, -0.1) is 0 Å². The molecule has 1 aromatic heterocycles. The van der Waals surface area contributed by atoms with Gasteiger partial charge in [-0.2, -0.15) is 0 Å². The maximum atomic E-state index is 6.21. The van der Waals surface area contributed by atoms with Crippen molar-refractivity contribution in [3.8, 4) is 0 Å². The summed E-state index contributed by atoms with van der Waals surface area (Å²) in [6, 6.07) is 13.2. The van der Waals surface area contributed by atoms with Crippen LogP contribution in [0.15, 0.2) is 58.7 Å². The Morgan fingerprint density at radius 3 is 2.50 bits per heavy atom. The van der Waals surface area contributed by atoms with E-state index in [-0.39, 0.29) is 0 Å². The van der Waals surface area contributed by atoms with Gasteiger partial charge in [-0.1, -0.05) is 41.0 Å². The predicted octanol–water partition coefficient (Wildman–Crippen LogP) is 5.57. The summed E-state index contributed by atoms with van der Waals surface area (Å²) in [4.78, 5) is 9.47. The number of aryl methyl sites for hydroxylation is 1. The molecule has 0 aliphatic heterocycles. The van der Waals surface area contributed by atoms with Crippen LogP contribution in [0.25, 0.3) is 0 Å². The van der Waals surface area contributed by atoms with E-state index in [1.165, 1.54) is 18.1 Å². The molecule has 1 heterocycles. The van der Waals surface area contributed by atoms with Crippen molar-refractivity contribution in [2.75, 3.05) is 11.1 Å². The fraction of sp³-hybridized carbons (Fsp3) is 0.0588. The molecule has 0 unspecified atom stereocenters. The standard InChI is InChI=1S/C17H14Cl2N4S/c1-10-2-5-12(8-14(10)19)23-16-15(20)17(22-9-21-16)24-13-6-3-11(18)4-7-13/h2-9H,20H2,1H3,(H,21,22,23). The number of benzene rings is 2. The molecule has 0 radical (unpaired) electrons. The number of nitrogens with zero attached hydrogens (tertiary/aromatic N) is 2. The first-order valence-electron chi connectivity index (χ1n) is 7.10. The van der Waals surface area contributed by atoms with Crippen molar-refractivity contribution >= 4 is 52.2 Å². The maximum Gasteiger partial charge on any atom is 0.158 e. The monoisotopic (exact) mass is 376 g/mol. The third-order valence-corrected chi connectivity index (χ3v) is 5.00. The van der Waals surface area contributed by atoms with Crippen LogP contribution in [0.4, 0.5) is 17.2 Å². The summed E-state index contributed by atoms with van der Waals surface area (Å²) >= 11 is 13.5.